The lowest BCUT2D eigenvalue weighted by atomic mass is 10.0. The highest BCUT2D eigenvalue weighted by Gasteiger charge is 2.18. The van der Waals surface area contributed by atoms with Gasteiger partial charge in [-0.3, -0.25) is 14.3 Å². The molecule has 9 nitrogen and oxygen atoms in total. The first-order chi connectivity index (χ1) is 17.0. The normalized spacial score (nSPS) is 13.0. The molecule has 1 heterocycles. The lowest BCUT2D eigenvalue weighted by Crippen LogP contribution is -2.49. The van der Waals surface area contributed by atoms with Gasteiger partial charge in [-0.25, -0.2) is 0 Å². The molecule has 1 aromatic heterocycles. The number of amides is 1. The average Bonchev–Trinajstić information content (AvgIpc) is 3.27. The van der Waals surface area contributed by atoms with Crippen molar-refractivity contribution in [1.82, 2.24) is 25.6 Å². The molecule has 0 spiro atoms. The van der Waals surface area contributed by atoms with Crippen LogP contribution in [0.25, 0.3) is 0 Å². The minimum atomic E-state index is -1.11. The predicted molar refractivity (Wildman–Crippen MR) is 142 cm³/mol. The third-order valence-electron chi connectivity index (χ3n) is 5.91. The molecule has 0 aliphatic heterocycles. The van der Waals surface area contributed by atoms with Crippen LogP contribution in [0.1, 0.15) is 90.2 Å². The number of thioether (sulfide) groups is 1. The maximum absolute atomic E-state index is 11.4. The third kappa shape index (κ3) is 16.6. The Labute approximate surface area is 215 Å². The van der Waals surface area contributed by atoms with E-state index in [1.54, 1.807) is 11.8 Å². The molecular weight excluding hydrogens is 466 g/mol. The van der Waals surface area contributed by atoms with Crippen LogP contribution in [0.5, 0.6) is 0 Å². The van der Waals surface area contributed by atoms with Crippen molar-refractivity contribution in [2.24, 2.45) is 0 Å². The molecular formula is C25H47N5O4S. The third-order valence-corrected chi connectivity index (χ3v) is 7.01. The molecule has 0 aromatic carbocycles. The topological polar surface area (TPSA) is 129 Å². The largest absolute Gasteiger partial charge is 0.480 e. The van der Waals surface area contributed by atoms with Gasteiger partial charge in [0.15, 0.2) is 0 Å². The van der Waals surface area contributed by atoms with E-state index < -0.39 is 18.6 Å². The summed E-state index contributed by atoms with van der Waals surface area (Å²) in [6.07, 6.45) is 17.6. The summed E-state index contributed by atoms with van der Waals surface area (Å²) in [4.78, 5) is 22.5. The summed E-state index contributed by atoms with van der Waals surface area (Å²) >= 11 is 1.66. The van der Waals surface area contributed by atoms with Crippen LogP contribution in [-0.4, -0.2) is 73.8 Å². The molecule has 10 heteroatoms. The number of carbonyl (C=O) groups is 2. The van der Waals surface area contributed by atoms with E-state index >= 15 is 0 Å². The summed E-state index contributed by atoms with van der Waals surface area (Å²) in [5.41, 5.74) is 1.04. The van der Waals surface area contributed by atoms with Crippen LogP contribution in [0.15, 0.2) is 6.20 Å². The molecule has 0 saturated heterocycles. The molecule has 0 bridgehead atoms. The number of carboxylic acids is 1. The van der Waals surface area contributed by atoms with Crippen LogP contribution >= 0.6 is 11.8 Å². The molecule has 4 N–H and O–H groups in total. The van der Waals surface area contributed by atoms with Gasteiger partial charge in [0.25, 0.3) is 0 Å². The monoisotopic (exact) mass is 513 g/mol. The number of nitrogens with one attached hydrogen (secondary N) is 2. The zero-order valence-electron chi connectivity index (χ0n) is 21.7. The number of carbonyl (C=O) groups excluding carboxylic acids is 1. The summed E-state index contributed by atoms with van der Waals surface area (Å²) in [7, 11) is 0. The van der Waals surface area contributed by atoms with Gasteiger partial charge in [-0.2, -0.15) is 11.8 Å². The van der Waals surface area contributed by atoms with Crippen LogP contribution in [0.2, 0.25) is 0 Å². The van der Waals surface area contributed by atoms with Gasteiger partial charge in [0.2, 0.25) is 5.91 Å². The van der Waals surface area contributed by atoms with E-state index in [4.69, 9.17) is 10.2 Å². The van der Waals surface area contributed by atoms with Gasteiger partial charge >= 0.3 is 5.97 Å². The van der Waals surface area contributed by atoms with Crippen molar-refractivity contribution in [2.75, 3.05) is 24.7 Å². The summed E-state index contributed by atoms with van der Waals surface area (Å²) in [5.74, 6) is 0.151. The number of aliphatic carboxylic acids is 1. The maximum Gasteiger partial charge on any atom is 0.323 e. The highest BCUT2D eigenvalue weighted by molar-refractivity contribution is 7.99. The summed E-state index contributed by atoms with van der Waals surface area (Å²) < 4.78 is 1.86. The minimum Gasteiger partial charge on any atom is -0.480 e. The molecule has 0 fully saturated rings. The Bertz CT molecular complexity index is 689. The number of aliphatic hydroxyl groups excluding tert-OH is 1. The highest BCUT2D eigenvalue weighted by Crippen LogP contribution is 2.12. The molecule has 1 rings (SSSR count). The number of carboxylic acid groups (broad SMARTS) is 1. The standard InChI is InChI=1S/C25H47N5O4S/c1-3-4-5-6-7-8-9-10-11-12-13-14-22-18-30(29-28-22)15-16-35-20-23(27-21(2)32)17-26-24(19-31)25(33)34/h18,23-24,26,31H,3-17,19-20H2,1-2H3,(H,27,32)(H,33,34)/t23-,24?/m1/s1. The van der Waals surface area contributed by atoms with Gasteiger partial charge in [0.05, 0.1) is 24.9 Å². The van der Waals surface area contributed by atoms with Gasteiger partial charge in [-0.1, -0.05) is 76.3 Å². The van der Waals surface area contributed by atoms with Gasteiger partial charge in [0, 0.05) is 31.2 Å². The Morgan fingerprint density at radius 1 is 1.06 bits per heavy atom. The van der Waals surface area contributed by atoms with Gasteiger partial charge in [-0.05, 0) is 12.8 Å². The SMILES string of the molecule is CCCCCCCCCCCCCc1cn(CCSC[C@@H](CNC(CO)C(=O)O)NC(C)=O)nn1. The van der Waals surface area contributed by atoms with Crippen LogP contribution in [0, 0.1) is 0 Å². The number of aromatic nitrogens is 3. The van der Waals surface area contributed by atoms with Crippen molar-refractivity contribution < 1.29 is 19.8 Å². The van der Waals surface area contributed by atoms with E-state index in [0.29, 0.717) is 5.75 Å². The maximum atomic E-state index is 11.4. The van der Waals surface area contributed by atoms with Crippen molar-refractivity contribution in [3.63, 3.8) is 0 Å². The molecule has 0 aliphatic rings. The van der Waals surface area contributed by atoms with Crippen LogP contribution < -0.4 is 10.6 Å². The van der Waals surface area contributed by atoms with Gasteiger partial charge in [-0.15, -0.1) is 5.10 Å². The number of hydrogen-bond acceptors (Lipinski definition) is 7. The minimum absolute atomic E-state index is 0.170. The van der Waals surface area contributed by atoms with E-state index in [0.717, 1.165) is 30.8 Å². The Kier molecular flexibility index (Phi) is 18.4. The number of hydrogen-bond donors (Lipinski definition) is 4. The van der Waals surface area contributed by atoms with Crippen molar-refractivity contribution in [3.8, 4) is 0 Å². The summed E-state index contributed by atoms with van der Waals surface area (Å²) in [6, 6.07) is -1.26. The molecule has 1 amide bonds. The first-order valence-corrected chi connectivity index (χ1v) is 14.4. The van der Waals surface area contributed by atoms with Crippen molar-refractivity contribution in [1.29, 1.82) is 0 Å². The van der Waals surface area contributed by atoms with E-state index in [9.17, 15) is 9.59 Å². The van der Waals surface area contributed by atoms with Gasteiger partial charge in [0.1, 0.15) is 6.04 Å². The van der Waals surface area contributed by atoms with Crippen molar-refractivity contribution in [3.05, 3.63) is 11.9 Å². The lowest BCUT2D eigenvalue weighted by molar-refractivity contribution is -0.140. The number of aliphatic hydroxyl groups is 1. The number of aryl methyl sites for hydroxylation is 2. The quantitative estimate of drug-likeness (QED) is 0.164. The number of unbranched alkanes of at least 4 members (excludes halogenated alkanes) is 10. The molecule has 0 aliphatic carbocycles. The summed E-state index contributed by atoms with van der Waals surface area (Å²) in [6.45, 7) is 4.20. The average molecular weight is 514 g/mol. The van der Waals surface area contributed by atoms with Crippen molar-refractivity contribution in [2.45, 2.75) is 110 Å². The fourth-order valence-electron chi connectivity index (χ4n) is 3.87. The predicted octanol–water partition coefficient (Wildman–Crippen LogP) is 3.40. The molecule has 1 aromatic rings. The molecule has 1 unspecified atom stereocenters. The fourth-order valence-corrected chi connectivity index (χ4v) is 4.84. The van der Waals surface area contributed by atoms with Gasteiger partial charge < -0.3 is 20.8 Å². The first kappa shape index (κ1) is 31.4. The number of nitrogens with zero attached hydrogens (tertiary/aromatic N) is 3. The van der Waals surface area contributed by atoms with Crippen molar-refractivity contribution >= 4 is 23.6 Å². The Morgan fingerprint density at radius 3 is 2.26 bits per heavy atom. The Hall–Kier alpha value is -1.65. The molecule has 202 valence electrons. The zero-order valence-corrected chi connectivity index (χ0v) is 22.5. The van der Waals surface area contributed by atoms with Crippen LogP contribution in [-0.2, 0) is 22.6 Å². The lowest BCUT2D eigenvalue weighted by Gasteiger charge is -2.20. The molecule has 35 heavy (non-hydrogen) atoms. The van der Waals surface area contributed by atoms with E-state index in [1.165, 1.54) is 71.1 Å². The van der Waals surface area contributed by atoms with E-state index in [1.807, 2.05) is 10.9 Å². The highest BCUT2D eigenvalue weighted by atomic mass is 32.2. The molecule has 2 atom stereocenters. The Morgan fingerprint density at radius 2 is 1.69 bits per heavy atom. The van der Waals surface area contributed by atoms with Crippen LogP contribution in [0.4, 0.5) is 0 Å². The Balaban J connectivity index is 2.15. The van der Waals surface area contributed by atoms with E-state index in [-0.39, 0.29) is 18.5 Å². The zero-order chi connectivity index (χ0) is 25.7. The second kappa shape index (κ2) is 20.5. The smallest absolute Gasteiger partial charge is 0.323 e. The summed E-state index contributed by atoms with van der Waals surface area (Å²) in [5, 5.41) is 32.3. The van der Waals surface area contributed by atoms with Crippen LogP contribution in [0.3, 0.4) is 0 Å². The molecule has 0 radical (unpaired) electrons. The molecule has 0 saturated carbocycles. The second-order valence-electron chi connectivity index (χ2n) is 9.21. The fraction of sp³-hybridized carbons (Fsp3) is 0.840. The second-order valence-corrected chi connectivity index (χ2v) is 10.4. The number of rotatable bonds is 23. The van der Waals surface area contributed by atoms with E-state index in [2.05, 4.69) is 27.9 Å². The first-order valence-electron chi connectivity index (χ1n) is 13.3.